The molecule has 0 bridgehead atoms. The van der Waals surface area contributed by atoms with Gasteiger partial charge in [-0.1, -0.05) is 22.0 Å². The van der Waals surface area contributed by atoms with Crippen molar-refractivity contribution in [3.63, 3.8) is 0 Å². The molecule has 6 heteroatoms. The average Bonchev–Trinajstić information content (AvgIpc) is 3.06. The van der Waals surface area contributed by atoms with E-state index in [0.29, 0.717) is 5.58 Å². The van der Waals surface area contributed by atoms with Crippen LogP contribution in [0.4, 0.5) is 0 Å². The highest BCUT2D eigenvalue weighted by molar-refractivity contribution is 9.10. The Morgan fingerprint density at radius 1 is 1.35 bits per heavy atom. The molecule has 1 N–H and O–H groups in total. The van der Waals surface area contributed by atoms with Gasteiger partial charge in [0.1, 0.15) is 5.58 Å². The molecule has 2 heterocycles. The minimum Gasteiger partial charge on any atom is -0.451 e. The molecule has 3 aromatic rings. The summed E-state index contributed by atoms with van der Waals surface area (Å²) >= 11 is 4.92. The van der Waals surface area contributed by atoms with Gasteiger partial charge in [-0.3, -0.25) is 4.79 Å². The van der Waals surface area contributed by atoms with Gasteiger partial charge >= 0.3 is 5.91 Å². The molecule has 0 unspecified atom stereocenters. The van der Waals surface area contributed by atoms with Gasteiger partial charge in [-0.05, 0) is 35.7 Å². The maximum Gasteiger partial charge on any atom is 0.307 e. The van der Waals surface area contributed by atoms with Crippen molar-refractivity contribution < 1.29 is 9.21 Å². The van der Waals surface area contributed by atoms with Gasteiger partial charge in [0.15, 0.2) is 5.76 Å². The Kier molecular flexibility index (Phi) is 3.66. The third-order valence-corrected chi connectivity index (χ3v) is 3.90. The van der Waals surface area contributed by atoms with Crippen LogP contribution in [-0.4, -0.2) is 12.1 Å². The highest BCUT2D eigenvalue weighted by Crippen LogP contribution is 2.23. The number of nitrogens with zero attached hydrogens (tertiary/aromatic N) is 1. The second kappa shape index (κ2) is 5.60. The van der Waals surface area contributed by atoms with E-state index in [0.717, 1.165) is 14.7 Å². The second-order valence-electron chi connectivity index (χ2n) is 4.01. The van der Waals surface area contributed by atoms with Crippen molar-refractivity contribution in [2.75, 3.05) is 0 Å². The monoisotopic (exact) mass is 348 g/mol. The molecule has 4 nitrogen and oxygen atoms in total. The summed E-state index contributed by atoms with van der Waals surface area (Å²) in [6.07, 6.45) is 1.60. The van der Waals surface area contributed by atoms with Crippen LogP contribution in [-0.2, 0) is 0 Å². The summed E-state index contributed by atoms with van der Waals surface area (Å²) in [5.41, 5.74) is 3.11. The maximum absolute atomic E-state index is 11.9. The quantitative estimate of drug-likeness (QED) is 0.574. The number of halogens is 1. The number of furan rings is 1. The molecule has 0 saturated heterocycles. The molecule has 0 atom stereocenters. The van der Waals surface area contributed by atoms with Gasteiger partial charge in [0.05, 0.1) is 6.21 Å². The number of nitrogens with one attached hydrogen (secondary N) is 1. The molecule has 0 fully saturated rings. The lowest BCUT2D eigenvalue weighted by molar-refractivity contribution is 0.0929. The minimum atomic E-state index is -0.370. The lowest BCUT2D eigenvalue weighted by Gasteiger charge is -1.93. The van der Waals surface area contributed by atoms with Crippen LogP contribution >= 0.6 is 27.3 Å². The van der Waals surface area contributed by atoms with Crippen LogP contribution in [0.3, 0.4) is 0 Å². The zero-order valence-corrected chi connectivity index (χ0v) is 12.6. The van der Waals surface area contributed by atoms with Gasteiger partial charge < -0.3 is 4.42 Å². The Bertz CT molecular complexity index is 778. The highest BCUT2D eigenvalue weighted by atomic mass is 79.9. The van der Waals surface area contributed by atoms with E-state index in [1.165, 1.54) is 0 Å². The SMILES string of the molecule is O=C(N/N=C\c1cccs1)c1cc2cc(Br)ccc2o1. The molecule has 1 aromatic carbocycles. The third kappa shape index (κ3) is 2.81. The number of carbonyl (C=O) groups is 1. The predicted molar refractivity (Wildman–Crippen MR) is 83.3 cm³/mol. The molecular weight excluding hydrogens is 340 g/mol. The molecule has 0 spiro atoms. The summed E-state index contributed by atoms with van der Waals surface area (Å²) in [6.45, 7) is 0. The maximum atomic E-state index is 11.9. The molecule has 0 radical (unpaired) electrons. The summed E-state index contributed by atoms with van der Waals surface area (Å²) < 4.78 is 6.41. The third-order valence-electron chi connectivity index (χ3n) is 2.60. The smallest absolute Gasteiger partial charge is 0.307 e. The average molecular weight is 349 g/mol. The molecule has 20 heavy (non-hydrogen) atoms. The second-order valence-corrected chi connectivity index (χ2v) is 5.90. The first kappa shape index (κ1) is 13.1. The Morgan fingerprint density at radius 2 is 2.25 bits per heavy atom. The molecule has 0 aliphatic heterocycles. The molecule has 100 valence electrons. The molecule has 0 saturated carbocycles. The fraction of sp³-hybridized carbons (Fsp3) is 0. The number of benzene rings is 1. The first-order chi connectivity index (χ1) is 9.72. The van der Waals surface area contributed by atoms with Crippen LogP contribution in [0, 0.1) is 0 Å². The molecule has 0 aliphatic carbocycles. The summed E-state index contributed by atoms with van der Waals surface area (Å²) in [7, 11) is 0. The number of hydrogen-bond acceptors (Lipinski definition) is 4. The number of hydrazone groups is 1. The van der Waals surface area contributed by atoms with Gasteiger partial charge in [0, 0.05) is 14.7 Å². The molecule has 3 rings (SSSR count). The normalized spacial score (nSPS) is 11.2. The van der Waals surface area contributed by atoms with Crippen molar-refractivity contribution in [1.29, 1.82) is 0 Å². The van der Waals surface area contributed by atoms with Gasteiger partial charge in [-0.25, -0.2) is 5.43 Å². The number of thiophene rings is 1. The van der Waals surface area contributed by atoms with E-state index in [2.05, 4.69) is 26.5 Å². The van der Waals surface area contributed by atoms with E-state index >= 15 is 0 Å². The van der Waals surface area contributed by atoms with Gasteiger partial charge in [-0.15, -0.1) is 11.3 Å². The van der Waals surface area contributed by atoms with Crippen molar-refractivity contribution >= 4 is 50.4 Å². The number of hydrogen-bond donors (Lipinski definition) is 1. The van der Waals surface area contributed by atoms with Crippen molar-refractivity contribution in [1.82, 2.24) is 5.43 Å². The zero-order chi connectivity index (χ0) is 13.9. The fourth-order valence-corrected chi connectivity index (χ4v) is 2.66. The van der Waals surface area contributed by atoms with Gasteiger partial charge in [-0.2, -0.15) is 5.10 Å². The van der Waals surface area contributed by atoms with E-state index in [-0.39, 0.29) is 11.7 Å². The minimum absolute atomic E-state index is 0.237. The van der Waals surface area contributed by atoms with E-state index < -0.39 is 0 Å². The van der Waals surface area contributed by atoms with Crippen LogP contribution in [0.1, 0.15) is 15.4 Å². The Morgan fingerprint density at radius 3 is 3.05 bits per heavy atom. The van der Waals surface area contributed by atoms with Gasteiger partial charge in [0.2, 0.25) is 0 Å². The van der Waals surface area contributed by atoms with Crippen LogP contribution in [0.25, 0.3) is 11.0 Å². The lowest BCUT2D eigenvalue weighted by atomic mass is 10.2. The van der Waals surface area contributed by atoms with E-state index in [1.807, 2.05) is 35.7 Å². The lowest BCUT2D eigenvalue weighted by Crippen LogP contribution is -2.16. The van der Waals surface area contributed by atoms with Crippen LogP contribution in [0.2, 0.25) is 0 Å². The summed E-state index contributed by atoms with van der Waals surface area (Å²) in [5.74, 6) is -0.133. The summed E-state index contributed by atoms with van der Waals surface area (Å²) in [6, 6.07) is 11.1. The topological polar surface area (TPSA) is 54.6 Å². The Labute approximate surface area is 127 Å². The summed E-state index contributed by atoms with van der Waals surface area (Å²) in [5, 5.41) is 6.71. The summed E-state index contributed by atoms with van der Waals surface area (Å²) in [4.78, 5) is 12.9. The standard InChI is InChI=1S/C14H9BrN2O2S/c15-10-3-4-12-9(6-10)7-13(19-12)14(18)17-16-8-11-2-1-5-20-11/h1-8H,(H,17,18)/b16-8-. The van der Waals surface area contributed by atoms with Crippen molar-refractivity contribution in [2.45, 2.75) is 0 Å². The predicted octanol–water partition coefficient (Wildman–Crippen LogP) is 4.02. The van der Waals surface area contributed by atoms with Crippen LogP contribution in [0.15, 0.2) is 55.8 Å². The van der Waals surface area contributed by atoms with Crippen LogP contribution in [0.5, 0.6) is 0 Å². The Balaban J connectivity index is 1.75. The number of carbonyl (C=O) groups excluding carboxylic acids is 1. The largest absolute Gasteiger partial charge is 0.451 e. The first-order valence-corrected chi connectivity index (χ1v) is 7.46. The van der Waals surface area contributed by atoms with E-state index in [1.54, 1.807) is 23.6 Å². The zero-order valence-electron chi connectivity index (χ0n) is 10.2. The van der Waals surface area contributed by atoms with Crippen LogP contribution < -0.4 is 5.43 Å². The molecule has 1 amide bonds. The Hall–Kier alpha value is -1.92. The molecule has 0 aliphatic rings. The molecular formula is C14H9BrN2O2S. The van der Waals surface area contributed by atoms with Crippen molar-refractivity contribution in [2.24, 2.45) is 5.10 Å². The van der Waals surface area contributed by atoms with Crippen molar-refractivity contribution in [3.05, 3.63) is 56.9 Å². The number of amides is 1. The van der Waals surface area contributed by atoms with E-state index in [4.69, 9.17) is 4.42 Å². The number of rotatable bonds is 3. The fourth-order valence-electron chi connectivity index (χ4n) is 1.70. The highest BCUT2D eigenvalue weighted by Gasteiger charge is 2.11. The van der Waals surface area contributed by atoms with Gasteiger partial charge in [0.25, 0.3) is 0 Å². The van der Waals surface area contributed by atoms with Crippen molar-refractivity contribution in [3.8, 4) is 0 Å². The number of fused-ring (bicyclic) bond motifs is 1. The molecule has 2 aromatic heterocycles. The first-order valence-electron chi connectivity index (χ1n) is 5.78. The van der Waals surface area contributed by atoms with E-state index in [9.17, 15) is 4.79 Å².